The number of aromatic nitrogens is 1. The van der Waals surface area contributed by atoms with Gasteiger partial charge in [-0.05, 0) is 43.2 Å². The lowest BCUT2D eigenvalue weighted by atomic mass is 10.1. The van der Waals surface area contributed by atoms with Crippen molar-refractivity contribution in [1.82, 2.24) is 4.57 Å². The fraction of sp³-hybridized carbons (Fsp3) is 0.250. The molecule has 0 saturated heterocycles. The number of rotatable bonds is 5. The lowest BCUT2D eigenvalue weighted by Gasteiger charge is -2.18. The van der Waals surface area contributed by atoms with E-state index in [1.807, 2.05) is 43.3 Å². The van der Waals surface area contributed by atoms with E-state index in [2.05, 4.69) is 23.6 Å². The van der Waals surface area contributed by atoms with E-state index in [0.29, 0.717) is 0 Å². The maximum Gasteiger partial charge on any atom is 0.307 e. The summed E-state index contributed by atoms with van der Waals surface area (Å²) in [5, 5.41) is 10.2. The van der Waals surface area contributed by atoms with Crippen LogP contribution in [0.25, 0.3) is 10.9 Å². The molecule has 1 aromatic heterocycles. The molecule has 4 nitrogen and oxygen atoms in total. The van der Waals surface area contributed by atoms with Crippen LogP contribution in [-0.4, -0.2) is 22.8 Å². The largest absolute Gasteiger partial charge is 0.497 e. The fourth-order valence-electron chi connectivity index (χ4n) is 3.37. The molecule has 1 N–H and O–H groups in total. The normalized spacial score (nSPS) is 12.3. The third-order valence-corrected chi connectivity index (χ3v) is 4.58. The van der Waals surface area contributed by atoms with Gasteiger partial charge in [0.25, 0.3) is 0 Å². The van der Waals surface area contributed by atoms with Gasteiger partial charge in [0.15, 0.2) is 0 Å². The fourth-order valence-corrected chi connectivity index (χ4v) is 3.37. The Bertz CT molecular complexity index is 881. The van der Waals surface area contributed by atoms with Gasteiger partial charge in [0.2, 0.25) is 0 Å². The summed E-state index contributed by atoms with van der Waals surface area (Å²) in [5.74, 6) is -0.0917. The van der Waals surface area contributed by atoms with Gasteiger partial charge in [-0.15, -0.1) is 0 Å². The summed E-state index contributed by atoms with van der Waals surface area (Å²) in [5.41, 5.74) is 4.05. The number of methoxy groups -OCH3 is 1. The first-order valence-electron chi connectivity index (χ1n) is 7.97. The molecule has 3 aromatic rings. The number of benzene rings is 2. The van der Waals surface area contributed by atoms with E-state index in [-0.39, 0.29) is 12.5 Å². The van der Waals surface area contributed by atoms with Crippen LogP contribution in [0.4, 0.5) is 0 Å². The predicted molar refractivity (Wildman–Crippen MR) is 94.8 cm³/mol. The van der Waals surface area contributed by atoms with Gasteiger partial charge in [0, 0.05) is 16.6 Å². The Morgan fingerprint density at radius 3 is 2.54 bits per heavy atom. The van der Waals surface area contributed by atoms with Gasteiger partial charge in [-0.25, -0.2) is 0 Å². The molecule has 0 amide bonds. The number of aliphatic carboxylic acids is 1. The number of carboxylic acid groups (broad SMARTS) is 1. The number of hydrogen-bond acceptors (Lipinski definition) is 2. The molecule has 0 aliphatic heterocycles. The molecular formula is C20H21NO3. The lowest BCUT2D eigenvalue weighted by molar-refractivity contribution is -0.136. The van der Waals surface area contributed by atoms with E-state index in [0.717, 1.165) is 27.9 Å². The highest BCUT2D eigenvalue weighted by molar-refractivity contribution is 5.90. The minimum absolute atomic E-state index is 0.00398. The maximum absolute atomic E-state index is 11.3. The molecule has 0 aliphatic rings. The molecule has 0 radical (unpaired) electrons. The number of nitrogens with zero attached hydrogens (tertiary/aromatic N) is 1. The molecule has 0 spiro atoms. The summed E-state index contributed by atoms with van der Waals surface area (Å²) in [6.45, 7) is 4.13. The summed E-state index contributed by atoms with van der Waals surface area (Å²) in [6.07, 6.45) is 0.00398. The van der Waals surface area contributed by atoms with Crippen LogP contribution in [0.15, 0.2) is 48.5 Å². The average molecular weight is 323 g/mol. The van der Waals surface area contributed by atoms with Crippen LogP contribution in [-0.2, 0) is 11.2 Å². The standard InChI is InChI=1S/C20H21NO3/c1-13(15-7-5-4-6-8-15)21-14(2)17(12-20(22)23)18-11-16(24-3)9-10-19(18)21/h4-11,13H,12H2,1-3H3,(H,22,23). The average Bonchev–Trinajstić information content (AvgIpc) is 2.86. The van der Waals surface area contributed by atoms with Crippen LogP contribution in [0.1, 0.15) is 29.8 Å². The Balaban J connectivity index is 2.24. The SMILES string of the molecule is COc1ccc2c(c1)c(CC(=O)O)c(C)n2C(C)c1ccccc1. The van der Waals surface area contributed by atoms with Crippen molar-refractivity contribution in [3.8, 4) is 5.75 Å². The van der Waals surface area contributed by atoms with Crippen LogP contribution in [0, 0.1) is 6.92 Å². The molecule has 4 heteroatoms. The Morgan fingerprint density at radius 1 is 1.21 bits per heavy atom. The number of carboxylic acids is 1. The van der Waals surface area contributed by atoms with Gasteiger partial charge < -0.3 is 14.4 Å². The molecule has 1 atom stereocenters. The molecule has 0 fully saturated rings. The van der Waals surface area contributed by atoms with E-state index in [1.54, 1.807) is 7.11 Å². The topological polar surface area (TPSA) is 51.5 Å². The first-order valence-corrected chi connectivity index (χ1v) is 7.97. The Labute approximate surface area is 141 Å². The summed E-state index contributed by atoms with van der Waals surface area (Å²) in [6, 6.07) is 16.2. The highest BCUT2D eigenvalue weighted by Gasteiger charge is 2.20. The van der Waals surface area contributed by atoms with E-state index < -0.39 is 5.97 Å². The van der Waals surface area contributed by atoms with Crippen LogP contribution < -0.4 is 4.74 Å². The lowest BCUT2D eigenvalue weighted by Crippen LogP contribution is -2.09. The monoisotopic (exact) mass is 323 g/mol. The third-order valence-electron chi connectivity index (χ3n) is 4.58. The molecular weight excluding hydrogens is 302 g/mol. The minimum Gasteiger partial charge on any atom is -0.497 e. The molecule has 0 aliphatic carbocycles. The zero-order valence-corrected chi connectivity index (χ0v) is 14.1. The molecule has 1 unspecified atom stereocenters. The molecule has 1 heterocycles. The summed E-state index contributed by atoms with van der Waals surface area (Å²) in [7, 11) is 1.62. The zero-order chi connectivity index (χ0) is 17.3. The summed E-state index contributed by atoms with van der Waals surface area (Å²) in [4.78, 5) is 11.3. The van der Waals surface area contributed by atoms with Gasteiger partial charge in [-0.1, -0.05) is 30.3 Å². The first-order chi connectivity index (χ1) is 11.5. The zero-order valence-electron chi connectivity index (χ0n) is 14.1. The van der Waals surface area contributed by atoms with Crippen molar-refractivity contribution in [2.45, 2.75) is 26.3 Å². The van der Waals surface area contributed by atoms with Crippen LogP contribution in [0.2, 0.25) is 0 Å². The smallest absolute Gasteiger partial charge is 0.307 e. The second-order valence-corrected chi connectivity index (χ2v) is 5.97. The molecule has 124 valence electrons. The van der Waals surface area contributed by atoms with E-state index in [9.17, 15) is 9.90 Å². The number of ether oxygens (including phenoxy) is 1. The van der Waals surface area contributed by atoms with Gasteiger partial charge in [-0.3, -0.25) is 4.79 Å². The van der Waals surface area contributed by atoms with Crippen molar-refractivity contribution in [2.24, 2.45) is 0 Å². The maximum atomic E-state index is 11.3. The van der Waals surface area contributed by atoms with Gasteiger partial charge >= 0.3 is 5.97 Å². The van der Waals surface area contributed by atoms with Gasteiger partial charge in [0.05, 0.1) is 19.6 Å². The number of fused-ring (bicyclic) bond motifs is 1. The van der Waals surface area contributed by atoms with Crippen molar-refractivity contribution in [1.29, 1.82) is 0 Å². The van der Waals surface area contributed by atoms with E-state index in [4.69, 9.17) is 4.74 Å². The highest BCUT2D eigenvalue weighted by atomic mass is 16.5. The second kappa shape index (κ2) is 6.40. The van der Waals surface area contributed by atoms with Crippen LogP contribution in [0.5, 0.6) is 5.75 Å². The Morgan fingerprint density at radius 2 is 1.92 bits per heavy atom. The number of carbonyl (C=O) groups is 1. The molecule has 2 aromatic carbocycles. The van der Waals surface area contributed by atoms with Crippen molar-refractivity contribution in [3.63, 3.8) is 0 Å². The molecule has 0 saturated carbocycles. The van der Waals surface area contributed by atoms with Crippen molar-refractivity contribution in [3.05, 3.63) is 65.4 Å². The van der Waals surface area contributed by atoms with Crippen molar-refractivity contribution < 1.29 is 14.6 Å². The minimum atomic E-state index is -0.827. The highest BCUT2D eigenvalue weighted by Crippen LogP contribution is 2.34. The predicted octanol–water partition coefficient (Wildman–Crippen LogP) is 4.19. The quantitative estimate of drug-likeness (QED) is 0.766. The van der Waals surface area contributed by atoms with Crippen LogP contribution in [0.3, 0.4) is 0 Å². The summed E-state index contributed by atoms with van der Waals surface area (Å²) < 4.78 is 7.53. The Hall–Kier alpha value is -2.75. The third kappa shape index (κ3) is 2.75. The molecule has 24 heavy (non-hydrogen) atoms. The Kier molecular flexibility index (Phi) is 4.30. The van der Waals surface area contributed by atoms with E-state index in [1.165, 1.54) is 5.56 Å². The second-order valence-electron chi connectivity index (χ2n) is 5.97. The molecule has 0 bridgehead atoms. The van der Waals surface area contributed by atoms with Crippen molar-refractivity contribution >= 4 is 16.9 Å². The van der Waals surface area contributed by atoms with Crippen LogP contribution >= 0.6 is 0 Å². The van der Waals surface area contributed by atoms with Gasteiger partial charge in [-0.2, -0.15) is 0 Å². The summed E-state index contributed by atoms with van der Waals surface area (Å²) >= 11 is 0. The van der Waals surface area contributed by atoms with Gasteiger partial charge in [0.1, 0.15) is 5.75 Å². The first kappa shape index (κ1) is 16.1. The van der Waals surface area contributed by atoms with Crippen molar-refractivity contribution in [2.75, 3.05) is 7.11 Å². The van der Waals surface area contributed by atoms with E-state index >= 15 is 0 Å². The molecule has 3 rings (SSSR count). The number of hydrogen-bond donors (Lipinski definition) is 1.